The summed E-state index contributed by atoms with van der Waals surface area (Å²) >= 11 is 0. The zero-order valence-electron chi connectivity index (χ0n) is 15.2. The molecule has 1 saturated heterocycles. The van der Waals surface area contributed by atoms with Crippen molar-refractivity contribution < 1.29 is 9.53 Å². The van der Waals surface area contributed by atoms with E-state index < -0.39 is 0 Å². The minimum absolute atomic E-state index is 0. The molecule has 1 N–H and O–H groups in total. The Hall–Kier alpha value is -2.04. The predicted molar refractivity (Wildman–Crippen MR) is 108 cm³/mol. The minimum atomic E-state index is 0. The number of carbonyl (C=O) groups excluding carboxylic acids is 1. The van der Waals surface area contributed by atoms with Gasteiger partial charge >= 0.3 is 0 Å². The number of rotatable bonds is 6. The van der Waals surface area contributed by atoms with Gasteiger partial charge in [0.1, 0.15) is 5.75 Å². The second kappa shape index (κ2) is 10.2. The summed E-state index contributed by atoms with van der Waals surface area (Å²) in [7, 11) is 1.91. The zero-order chi connectivity index (χ0) is 17.5. The molecule has 5 heteroatoms. The maximum Gasteiger partial charge on any atom is 0.225 e. The number of nitrogens with zero attached hydrogens (tertiary/aromatic N) is 1. The van der Waals surface area contributed by atoms with Crippen LogP contribution >= 0.6 is 12.4 Å². The first-order chi connectivity index (χ1) is 12.3. The van der Waals surface area contributed by atoms with E-state index in [1.54, 1.807) is 0 Å². The molecule has 0 unspecified atom stereocenters. The molecular formula is C21H27ClN2O2. The Balaban J connectivity index is 0.00000243. The fourth-order valence-corrected chi connectivity index (χ4v) is 3.27. The van der Waals surface area contributed by atoms with E-state index >= 15 is 0 Å². The van der Waals surface area contributed by atoms with Gasteiger partial charge in [0.15, 0.2) is 0 Å². The van der Waals surface area contributed by atoms with Gasteiger partial charge in [-0.1, -0.05) is 48.5 Å². The molecule has 1 aliphatic rings. The Morgan fingerprint density at radius 2 is 1.73 bits per heavy atom. The SMILES string of the molecule is CN(C(=O)CCOc1ccccc1-c1ccccc1)C1CCNCC1.Cl. The normalized spacial score (nSPS) is 14.3. The predicted octanol–water partition coefficient (Wildman–Crippen LogP) is 3.75. The Kier molecular flexibility index (Phi) is 7.95. The Morgan fingerprint density at radius 3 is 2.46 bits per heavy atom. The molecule has 140 valence electrons. The number of para-hydroxylation sites is 1. The van der Waals surface area contributed by atoms with Crippen molar-refractivity contribution >= 4 is 18.3 Å². The summed E-state index contributed by atoms with van der Waals surface area (Å²) in [4.78, 5) is 14.3. The highest BCUT2D eigenvalue weighted by atomic mass is 35.5. The molecule has 3 rings (SSSR count). The van der Waals surface area contributed by atoms with Crippen molar-refractivity contribution in [3.63, 3.8) is 0 Å². The van der Waals surface area contributed by atoms with Gasteiger partial charge in [-0.15, -0.1) is 12.4 Å². The van der Waals surface area contributed by atoms with Crippen LogP contribution in [0, 0.1) is 0 Å². The molecule has 0 atom stereocenters. The molecule has 0 aliphatic carbocycles. The highest BCUT2D eigenvalue weighted by Crippen LogP contribution is 2.29. The third-order valence-corrected chi connectivity index (χ3v) is 4.80. The van der Waals surface area contributed by atoms with Gasteiger partial charge in [-0.05, 0) is 37.6 Å². The molecule has 0 saturated carbocycles. The van der Waals surface area contributed by atoms with Crippen LogP contribution in [0.4, 0.5) is 0 Å². The lowest BCUT2D eigenvalue weighted by Crippen LogP contribution is -2.44. The summed E-state index contributed by atoms with van der Waals surface area (Å²) in [5, 5.41) is 3.33. The third kappa shape index (κ3) is 5.23. The summed E-state index contributed by atoms with van der Waals surface area (Å²) in [5.74, 6) is 0.982. The van der Waals surface area contributed by atoms with E-state index in [1.165, 1.54) is 0 Å². The smallest absolute Gasteiger partial charge is 0.225 e. The van der Waals surface area contributed by atoms with Crippen LogP contribution in [0.25, 0.3) is 11.1 Å². The number of hydrogen-bond acceptors (Lipinski definition) is 3. The quantitative estimate of drug-likeness (QED) is 0.837. The fraction of sp³-hybridized carbons (Fsp3) is 0.381. The van der Waals surface area contributed by atoms with Crippen LogP contribution in [0.15, 0.2) is 54.6 Å². The lowest BCUT2D eigenvalue weighted by molar-refractivity contribution is -0.132. The molecule has 26 heavy (non-hydrogen) atoms. The molecular weight excluding hydrogens is 348 g/mol. The van der Waals surface area contributed by atoms with Gasteiger partial charge in [-0.25, -0.2) is 0 Å². The van der Waals surface area contributed by atoms with Gasteiger partial charge in [0.05, 0.1) is 13.0 Å². The zero-order valence-corrected chi connectivity index (χ0v) is 16.0. The third-order valence-electron chi connectivity index (χ3n) is 4.80. The lowest BCUT2D eigenvalue weighted by atomic mass is 10.0. The van der Waals surface area contributed by atoms with E-state index in [-0.39, 0.29) is 18.3 Å². The van der Waals surface area contributed by atoms with Crippen LogP contribution in [0.3, 0.4) is 0 Å². The van der Waals surface area contributed by atoms with Gasteiger partial charge in [0.25, 0.3) is 0 Å². The second-order valence-corrected chi connectivity index (χ2v) is 6.45. The molecule has 4 nitrogen and oxygen atoms in total. The topological polar surface area (TPSA) is 41.6 Å². The molecule has 1 heterocycles. The Bertz CT molecular complexity index is 687. The average molecular weight is 375 g/mol. The molecule has 2 aromatic rings. The summed E-state index contributed by atoms with van der Waals surface area (Å²) in [6, 6.07) is 18.5. The van der Waals surface area contributed by atoms with E-state index in [0.29, 0.717) is 19.1 Å². The summed E-state index contributed by atoms with van der Waals surface area (Å²) in [6.07, 6.45) is 2.46. The standard InChI is InChI=1S/C21H26N2O2.ClH/c1-23(18-11-14-22-15-12-18)21(24)13-16-25-20-10-6-5-9-19(20)17-7-3-2-4-8-17;/h2-10,18,22H,11-16H2,1H3;1H. The maximum absolute atomic E-state index is 12.4. The number of piperidine rings is 1. The number of hydrogen-bond donors (Lipinski definition) is 1. The summed E-state index contributed by atoms with van der Waals surface area (Å²) < 4.78 is 5.94. The lowest BCUT2D eigenvalue weighted by Gasteiger charge is -2.31. The number of halogens is 1. The number of nitrogens with one attached hydrogen (secondary N) is 1. The van der Waals surface area contributed by atoms with E-state index in [2.05, 4.69) is 17.4 Å². The van der Waals surface area contributed by atoms with Crippen LogP contribution in [-0.4, -0.2) is 43.6 Å². The molecule has 2 aromatic carbocycles. The number of benzene rings is 2. The van der Waals surface area contributed by atoms with Crippen LogP contribution in [0.1, 0.15) is 19.3 Å². The first-order valence-corrected chi connectivity index (χ1v) is 8.99. The molecule has 0 bridgehead atoms. The van der Waals surface area contributed by atoms with Crippen LogP contribution in [0.2, 0.25) is 0 Å². The Labute approximate surface area is 162 Å². The average Bonchev–Trinajstić information content (AvgIpc) is 2.69. The van der Waals surface area contributed by atoms with Crippen molar-refractivity contribution in [1.29, 1.82) is 0 Å². The van der Waals surface area contributed by atoms with Crippen molar-refractivity contribution in [2.24, 2.45) is 0 Å². The number of carbonyl (C=O) groups is 1. The Morgan fingerprint density at radius 1 is 1.08 bits per heavy atom. The first kappa shape index (κ1) is 20.3. The highest BCUT2D eigenvalue weighted by Gasteiger charge is 2.21. The van der Waals surface area contributed by atoms with Gasteiger partial charge in [0, 0.05) is 18.7 Å². The van der Waals surface area contributed by atoms with Gasteiger partial charge in [0.2, 0.25) is 5.91 Å². The van der Waals surface area contributed by atoms with E-state index in [1.807, 2.05) is 54.4 Å². The monoisotopic (exact) mass is 374 g/mol. The molecule has 1 aliphatic heterocycles. The van der Waals surface area contributed by atoms with Crippen molar-refractivity contribution in [2.75, 3.05) is 26.7 Å². The first-order valence-electron chi connectivity index (χ1n) is 8.99. The second-order valence-electron chi connectivity index (χ2n) is 6.45. The van der Waals surface area contributed by atoms with Crippen molar-refractivity contribution in [3.05, 3.63) is 54.6 Å². The van der Waals surface area contributed by atoms with E-state index in [9.17, 15) is 4.79 Å². The fourth-order valence-electron chi connectivity index (χ4n) is 3.27. The summed E-state index contributed by atoms with van der Waals surface area (Å²) in [6.45, 7) is 2.38. The van der Waals surface area contributed by atoms with Crippen LogP contribution < -0.4 is 10.1 Å². The molecule has 0 aromatic heterocycles. The molecule has 1 fully saturated rings. The minimum Gasteiger partial charge on any atom is -0.492 e. The van der Waals surface area contributed by atoms with Gasteiger partial charge in [-0.2, -0.15) is 0 Å². The van der Waals surface area contributed by atoms with Gasteiger partial charge in [-0.3, -0.25) is 4.79 Å². The largest absolute Gasteiger partial charge is 0.492 e. The number of amides is 1. The van der Waals surface area contributed by atoms with Gasteiger partial charge < -0.3 is 15.0 Å². The van der Waals surface area contributed by atoms with Crippen LogP contribution in [0.5, 0.6) is 5.75 Å². The van der Waals surface area contributed by atoms with E-state index in [4.69, 9.17) is 4.74 Å². The molecule has 0 spiro atoms. The highest BCUT2D eigenvalue weighted by molar-refractivity contribution is 5.85. The van der Waals surface area contributed by atoms with Crippen molar-refractivity contribution in [2.45, 2.75) is 25.3 Å². The summed E-state index contributed by atoms with van der Waals surface area (Å²) in [5.41, 5.74) is 2.18. The number of ether oxygens (including phenoxy) is 1. The molecule has 0 radical (unpaired) electrons. The maximum atomic E-state index is 12.4. The van der Waals surface area contributed by atoms with Crippen molar-refractivity contribution in [3.8, 4) is 16.9 Å². The van der Waals surface area contributed by atoms with Crippen LogP contribution in [-0.2, 0) is 4.79 Å². The van der Waals surface area contributed by atoms with Crippen molar-refractivity contribution in [1.82, 2.24) is 10.2 Å². The molecule has 1 amide bonds. The van der Waals surface area contributed by atoms with E-state index in [0.717, 1.165) is 42.8 Å².